The van der Waals surface area contributed by atoms with Crippen LogP contribution in [0.1, 0.15) is 38.1 Å². The highest BCUT2D eigenvalue weighted by molar-refractivity contribution is 5.77. The quantitative estimate of drug-likeness (QED) is 0.457. The molecule has 6 heteroatoms. The monoisotopic (exact) mass is 313 g/mol. The van der Waals surface area contributed by atoms with Crippen molar-refractivity contribution in [1.29, 1.82) is 0 Å². The Labute approximate surface area is 137 Å². The summed E-state index contributed by atoms with van der Waals surface area (Å²) in [5.74, 6) is -2.45. The minimum absolute atomic E-state index is 0.00376. The molecule has 0 saturated heterocycles. The van der Waals surface area contributed by atoms with E-state index >= 15 is 0 Å². The van der Waals surface area contributed by atoms with Crippen molar-refractivity contribution in [2.24, 2.45) is 5.73 Å². The largest absolute Gasteiger partial charge is 0.480 e. The zero-order chi connectivity index (χ0) is 20.7. The predicted molar refractivity (Wildman–Crippen MR) is 83.7 cm³/mol. The molecule has 0 amide bonds. The first kappa shape index (κ1) is 11.6. The number of hydrogen-bond donors (Lipinski definition) is 4. The number of carboxylic acid groups (broad SMARTS) is 2. The second-order valence-electron chi connectivity index (χ2n) is 4.87. The maximum atomic E-state index is 11.5. The van der Waals surface area contributed by atoms with E-state index in [0.29, 0.717) is 19.4 Å². The van der Waals surface area contributed by atoms with Crippen LogP contribution in [0.4, 0.5) is 0 Å². The van der Waals surface area contributed by atoms with Crippen molar-refractivity contribution >= 4 is 11.9 Å². The van der Waals surface area contributed by atoms with Crippen LogP contribution in [0.25, 0.3) is 0 Å². The number of unbranched alkanes of at least 4 members (excludes halogenated alkanes) is 1. The fourth-order valence-electron chi connectivity index (χ4n) is 1.98. The lowest BCUT2D eigenvalue weighted by atomic mass is 10.0. The van der Waals surface area contributed by atoms with Crippen LogP contribution in [-0.4, -0.2) is 40.8 Å². The average molecular weight is 313 g/mol. The van der Waals surface area contributed by atoms with Gasteiger partial charge in [-0.3, -0.25) is 14.9 Å². The van der Waals surface area contributed by atoms with E-state index in [9.17, 15) is 19.8 Å². The lowest BCUT2D eigenvalue weighted by molar-refractivity contribution is -0.142. The lowest BCUT2D eigenvalue weighted by Gasteiger charge is -2.20. The summed E-state index contributed by atoms with van der Waals surface area (Å²) in [4.78, 5) is 22.8. The normalized spacial score (nSPS) is 16.7. The fourth-order valence-corrected chi connectivity index (χ4v) is 1.98. The van der Waals surface area contributed by atoms with Crippen molar-refractivity contribution in [3.8, 4) is 0 Å². The molecule has 0 aliphatic heterocycles. The Morgan fingerprint density at radius 2 is 1.68 bits per heavy atom. The maximum absolute atomic E-state index is 11.5. The molecule has 0 unspecified atom stereocenters. The Morgan fingerprint density at radius 1 is 1.09 bits per heavy atom. The van der Waals surface area contributed by atoms with E-state index in [-0.39, 0.29) is 36.9 Å². The SMILES string of the molecule is [2H]c1c([2H])c([2H])c(CC[C@H](N[C@@H](CCCCN)C(=O)O)C(=O)O)c([2H])c1[2H]. The molecule has 0 heterocycles. The van der Waals surface area contributed by atoms with Gasteiger partial charge in [-0.05, 0) is 37.8 Å². The summed E-state index contributed by atoms with van der Waals surface area (Å²) in [5.41, 5.74) is 5.38. The van der Waals surface area contributed by atoms with E-state index < -0.39 is 42.1 Å². The Hall–Kier alpha value is -1.92. The number of aliphatic carboxylic acids is 2. The second kappa shape index (κ2) is 9.92. The number of hydrogen-bond acceptors (Lipinski definition) is 4. The Bertz CT molecular complexity index is 673. The van der Waals surface area contributed by atoms with Gasteiger partial charge in [-0.2, -0.15) is 0 Å². The smallest absolute Gasteiger partial charge is 0.320 e. The Kier molecular flexibility index (Phi) is 5.24. The summed E-state index contributed by atoms with van der Waals surface area (Å²) in [6, 6.07) is -4.58. The van der Waals surface area contributed by atoms with Crippen molar-refractivity contribution in [3.63, 3.8) is 0 Å². The highest BCUT2D eigenvalue weighted by Crippen LogP contribution is 2.08. The summed E-state index contributed by atoms with van der Waals surface area (Å²) in [6.45, 7) is 0.407. The summed E-state index contributed by atoms with van der Waals surface area (Å²) in [6.07, 6.45) is 1.13. The van der Waals surface area contributed by atoms with E-state index in [1.54, 1.807) is 0 Å². The van der Waals surface area contributed by atoms with Crippen molar-refractivity contribution < 1.29 is 26.7 Å². The molecule has 1 aromatic rings. The van der Waals surface area contributed by atoms with E-state index in [1.807, 2.05) is 0 Å². The zero-order valence-corrected chi connectivity index (χ0v) is 12.2. The van der Waals surface area contributed by atoms with Crippen LogP contribution in [0, 0.1) is 0 Å². The maximum Gasteiger partial charge on any atom is 0.320 e. The van der Waals surface area contributed by atoms with E-state index in [0.717, 1.165) is 0 Å². The molecule has 1 aromatic carbocycles. The highest BCUT2D eigenvalue weighted by atomic mass is 16.4. The summed E-state index contributed by atoms with van der Waals surface area (Å²) in [7, 11) is 0. The summed E-state index contributed by atoms with van der Waals surface area (Å²) >= 11 is 0. The Balaban J connectivity index is 2.93. The van der Waals surface area contributed by atoms with Gasteiger partial charge in [-0.15, -0.1) is 0 Å². The number of benzene rings is 1. The lowest BCUT2D eigenvalue weighted by Crippen LogP contribution is -2.47. The molecule has 0 bridgehead atoms. The van der Waals surface area contributed by atoms with Gasteiger partial charge < -0.3 is 15.9 Å². The zero-order valence-electron chi connectivity index (χ0n) is 17.2. The number of rotatable bonds is 11. The molecule has 0 radical (unpaired) electrons. The molecule has 1 rings (SSSR count). The third-order valence-corrected chi connectivity index (χ3v) is 3.18. The molecule has 0 saturated carbocycles. The number of carbonyl (C=O) groups is 2. The van der Waals surface area contributed by atoms with Gasteiger partial charge in [0.2, 0.25) is 0 Å². The van der Waals surface area contributed by atoms with Gasteiger partial charge in [0.05, 0.1) is 6.85 Å². The third-order valence-electron chi connectivity index (χ3n) is 3.18. The summed E-state index contributed by atoms with van der Waals surface area (Å²) in [5, 5.41) is 21.2. The molecule has 6 nitrogen and oxygen atoms in total. The van der Waals surface area contributed by atoms with Gasteiger partial charge >= 0.3 is 11.9 Å². The van der Waals surface area contributed by atoms with Gasteiger partial charge in [0.15, 0.2) is 0 Å². The van der Waals surface area contributed by atoms with Gasteiger partial charge in [-0.1, -0.05) is 36.6 Å². The average Bonchev–Trinajstić information content (AvgIpc) is 2.62. The predicted octanol–water partition coefficient (Wildman–Crippen LogP) is 1.24. The first-order valence-corrected chi connectivity index (χ1v) is 7.09. The molecule has 0 aromatic heterocycles. The molecule has 0 fully saturated rings. The second-order valence-corrected chi connectivity index (χ2v) is 4.87. The molecule has 2 atom stereocenters. The number of nitrogens with two attached hydrogens (primary N) is 1. The van der Waals surface area contributed by atoms with Crippen molar-refractivity contribution in [2.75, 3.05) is 6.54 Å². The molecule has 5 N–H and O–H groups in total. The van der Waals surface area contributed by atoms with Crippen molar-refractivity contribution in [1.82, 2.24) is 5.32 Å². The van der Waals surface area contributed by atoms with Gasteiger partial charge in [0.1, 0.15) is 12.1 Å². The van der Waals surface area contributed by atoms with Gasteiger partial charge in [-0.25, -0.2) is 0 Å². The molecule has 22 heavy (non-hydrogen) atoms. The molecular weight excluding hydrogens is 284 g/mol. The van der Waals surface area contributed by atoms with Crippen molar-refractivity contribution in [2.45, 2.75) is 44.2 Å². The molecular formula is C16H24N2O4. The summed E-state index contributed by atoms with van der Waals surface area (Å²) < 4.78 is 38.6. The minimum atomic E-state index is -1.27. The van der Waals surface area contributed by atoms with Crippen LogP contribution in [0.2, 0.25) is 0 Å². The first-order chi connectivity index (χ1) is 12.6. The highest BCUT2D eigenvalue weighted by Gasteiger charge is 2.25. The molecule has 122 valence electrons. The number of nitrogens with one attached hydrogen (secondary N) is 1. The van der Waals surface area contributed by atoms with Crippen LogP contribution in [0.3, 0.4) is 0 Å². The molecule has 0 aliphatic rings. The molecule has 0 spiro atoms. The van der Waals surface area contributed by atoms with E-state index in [4.69, 9.17) is 12.6 Å². The van der Waals surface area contributed by atoms with Crippen LogP contribution in [0.5, 0.6) is 0 Å². The first-order valence-electron chi connectivity index (χ1n) is 9.59. The van der Waals surface area contributed by atoms with Crippen LogP contribution >= 0.6 is 0 Å². The van der Waals surface area contributed by atoms with Crippen LogP contribution < -0.4 is 11.1 Å². The van der Waals surface area contributed by atoms with E-state index in [1.165, 1.54) is 0 Å². The third kappa shape index (κ3) is 6.69. The van der Waals surface area contributed by atoms with Crippen LogP contribution in [0.15, 0.2) is 30.2 Å². The van der Waals surface area contributed by atoms with Crippen LogP contribution in [-0.2, 0) is 16.0 Å². The molecule has 0 aliphatic carbocycles. The minimum Gasteiger partial charge on any atom is -0.480 e. The topological polar surface area (TPSA) is 113 Å². The standard InChI is InChI=1S/C16H24N2O4/c17-11-5-4-8-13(15(19)20)18-14(16(21)22)10-9-12-6-2-1-3-7-12/h1-3,6-7,13-14,18H,4-5,8-11,17H2,(H,19,20)(H,21,22)/t13-,14-/m0/s1/i1D,2D,3D,6D,7D. The van der Waals surface area contributed by atoms with E-state index in [2.05, 4.69) is 5.32 Å². The van der Waals surface area contributed by atoms with Crippen molar-refractivity contribution in [3.05, 3.63) is 35.8 Å². The van der Waals surface area contributed by atoms with Gasteiger partial charge in [0, 0.05) is 0 Å². The Morgan fingerprint density at radius 3 is 2.23 bits per heavy atom. The van der Waals surface area contributed by atoms with Gasteiger partial charge in [0.25, 0.3) is 0 Å². The number of carboxylic acids is 2. The fraction of sp³-hybridized carbons (Fsp3) is 0.500.